The number of thiazole rings is 1. The van der Waals surface area contributed by atoms with Gasteiger partial charge in [-0.3, -0.25) is 9.36 Å². The third-order valence-corrected chi connectivity index (χ3v) is 6.50. The standard InChI is InChI=1S/C27H26F2N2O5S/c1-5-34-19-12-10-17(11-13-19)23-22(25(33)35-15(2)3)16(4)30-27-31(23)24(32)21(37-27)14-18-8-6-7-9-20(18)36-26(28)29/h6-15,23,26H,5H2,1-4H3/b21-14-/t23-/m0/s1. The molecular weight excluding hydrogens is 502 g/mol. The van der Waals surface area contributed by atoms with Crippen molar-refractivity contribution >= 4 is 23.4 Å². The van der Waals surface area contributed by atoms with Crippen LogP contribution in [-0.2, 0) is 9.53 Å². The number of benzene rings is 2. The minimum absolute atomic E-state index is 0.0521. The van der Waals surface area contributed by atoms with E-state index >= 15 is 0 Å². The van der Waals surface area contributed by atoms with Crippen molar-refractivity contribution < 1.29 is 27.8 Å². The molecule has 2 aromatic carbocycles. The van der Waals surface area contributed by atoms with E-state index in [1.54, 1.807) is 63.2 Å². The molecule has 0 N–H and O–H groups in total. The van der Waals surface area contributed by atoms with Crippen LogP contribution in [0.25, 0.3) is 6.08 Å². The fourth-order valence-electron chi connectivity index (χ4n) is 4.03. The fourth-order valence-corrected chi connectivity index (χ4v) is 5.07. The van der Waals surface area contributed by atoms with Gasteiger partial charge in [-0.1, -0.05) is 41.7 Å². The largest absolute Gasteiger partial charge is 0.494 e. The maximum absolute atomic E-state index is 13.7. The molecule has 194 valence electrons. The summed E-state index contributed by atoms with van der Waals surface area (Å²) < 4.78 is 43.1. The molecule has 1 aliphatic heterocycles. The quantitative estimate of drug-likeness (QED) is 0.410. The van der Waals surface area contributed by atoms with Crippen LogP contribution in [-0.4, -0.2) is 29.9 Å². The Bertz CT molecular complexity index is 1510. The molecule has 10 heteroatoms. The zero-order valence-corrected chi connectivity index (χ0v) is 21.6. The predicted molar refractivity (Wildman–Crippen MR) is 136 cm³/mol. The van der Waals surface area contributed by atoms with E-state index in [9.17, 15) is 18.4 Å². The number of aromatic nitrogens is 1. The zero-order chi connectivity index (χ0) is 26.7. The van der Waals surface area contributed by atoms with Crippen LogP contribution >= 0.6 is 11.3 Å². The van der Waals surface area contributed by atoms with Crippen LogP contribution < -0.4 is 24.4 Å². The molecule has 0 aliphatic carbocycles. The molecule has 0 radical (unpaired) electrons. The Morgan fingerprint density at radius 2 is 1.86 bits per heavy atom. The van der Waals surface area contributed by atoms with E-state index in [1.807, 2.05) is 6.92 Å². The van der Waals surface area contributed by atoms with E-state index in [0.717, 1.165) is 11.3 Å². The molecule has 0 amide bonds. The molecular formula is C27H26F2N2O5S. The third kappa shape index (κ3) is 5.64. The van der Waals surface area contributed by atoms with Gasteiger partial charge in [0.05, 0.1) is 34.6 Å². The van der Waals surface area contributed by atoms with Gasteiger partial charge >= 0.3 is 12.6 Å². The van der Waals surface area contributed by atoms with Gasteiger partial charge in [-0.05, 0) is 57.5 Å². The lowest BCUT2D eigenvalue weighted by Gasteiger charge is -2.25. The Kier molecular flexibility index (Phi) is 7.87. The maximum Gasteiger partial charge on any atom is 0.387 e. The average Bonchev–Trinajstić information content (AvgIpc) is 3.13. The summed E-state index contributed by atoms with van der Waals surface area (Å²) in [6.45, 7) is 4.55. The van der Waals surface area contributed by atoms with Gasteiger partial charge in [0, 0.05) is 5.56 Å². The van der Waals surface area contributed by atoms with Crippen LogP contribution in [0, 0.1) is 0 Å². The number of carbonyl (C=O) groups excluding carboxylic acids is 1. The Morgan fingerprint density at radius 1 is 1.16 bits per heavy atom. The third-order valence-electron chi connectivity index (χ3n) is 5.51. The number of allylic oxidation sites excluding steroid dienone is 1. The van der Waals surface area contributed by atoms with Gasteiger partial charge in [0.25, 0.3) is 5.56 Å². The minimum Gasteiger partial charge on any atom is -0.494 e. The molecule has 1 aromatic heterocycles. The van der Waals surface area contributed by atoms with Crippen molar-refractivity contribution in [2.24, 2.45) is 4.99 Å². The number of halogens is 2. The van der Waals surface area contributed by atoms with E-state index in [2.05, 4.69) is 9.73 Å². The fraction of sp³-hybridized carbons (Fsp3) is 0.296. The van der Waals surface area contributed by atoms with Crippen LogP contribution in [0.3, 0.4) is 0 Å². The predicted octanol–water partition coefficient (Wildman–Crippen LogP) is 4.19. The summed E-state index contributed by atoms with van der Waals surface area (Å²) in [7, 11) is 0. The normalized spacial score (nSPS) is 15.6. The van der Waals surface area contributed by atoms with Crippen LogP contribution in [0.5, 0.6) is 11.5 Å². The minimum atomic E-state index is -3.01. The molecule has 0 unspecified atom stereocenters. The number of fused-ring (bicyclic) bond motifs is 1. The number of nitrogens with zero attached hydrogens (tertiary/aromatic N) is 2. The topological polar surface area (TPSA) is 79.1 Å². The molecule has 0 bridgehead atoms. The highest BCUT2D eigenvalue weighted by Crippen LogP contribution is 2.32. The van der Waals surface area contributed by atoms with Crippen molar-refractivity contribution in [1.82, 2.24) is 4.57 Å². The summed E-state index contributed by atoms with van der Waals surface area (Å²) in [5, 5.41) is 0. The summed E-state index contributed by atoms with van der Waals surface area (Å²) in [5.74, 6) is 0.0326. The molecule has 0 saturated heterocycles. The highest BCUT2D eigenvalue weighted by atomic mass is 32.1. The van der Waals surface area contributed by atoms with Gasteiger partial charge in [0.2, 0.25) is 0 Å². The summed E-state index contributed by atoms with van der Waals surface area (Å²) in [5.41, 5.74) is 1.25. The summed E-state index contributed by atoms with van der Waals surface area (Å²) >= 11 is 1.10. The number of rotatable bonds is 8. The molecule has 7 nitrogen and oxygen atoms in total. The number of esters is 1. The van der Waals surface area contributed by atoms with Crippen molar-refractivity contribution in [3.63, 3.8) is 0 Å². The molecule has 3 aromatic rings. The van der Waals surface area contributed by atoms with Gasteiger partial charge in [0.15, 0.2) is 4.80 Å². The van der Waals surface area contributed by atoms with Crippen LogP contribution in [0.4, 0.5) is 8.78 Å². The van der Waals surface area contributed by atoms with Crippen molar-refractivity contribution in [3.8, 4) is 11.5 Å². The van der Waals surface area contributed by atoms with Gasteiger partial charge in [0.1, 0.15) is 11.5 Å². The van der Waals surface area contributed by atoms with E-state index in [1.165, 1.54) is 16.7 Å². The first kappa shape index (κ1) is 26.3. The molecule has 37 heavy (non-hydrogen) atoms. The molecule has 1 atom stereocenters. The van der Waals surface area contributed by atoms with Crippen LogP contribution in [0.2, 0.25) is 0 Å². The average molecular weight is 529 g/mol. The number of hydrogen-bond donors (Lipinski definition) is 0. The molecule has 0 spiro atoms. The molecule has 2 heterocycles. The summed E-state index contributed by atoms with van der Waals surface area (Å²) in [6.07, 6.45) is 1.12. The van der Waals surface area contributed by atoms with Crippen LogP contribution in [0.15, 0.2) is 69.6 Å². The van der Waals surface area contributed by atoms with Crippen molar-refractivity contribution in [2.45, 2.75) is 46.5 Å². The smallest absolute Gasteiger partial charge is 0.387 e. The summed E-state index contributed by atoms with van der Waals surface area (Å²) in [4.78, 5) is 31.8. The van der Waals surface area contributed by atoms with Gasteiger partial charge < -0.3 is 14.2 Å². The van der Waals surface area contributed by atoms with Gasteiger partial charge in [-0.25, -0.2) is 9.79 Å². The Labute approximate surface area is 215 Å². The Hall–Kier alpha value is -3.79. The summed E-state index contributed by atoms with van der Waals surface area (Å²) in [6, 6.07) is 12.5. The molecule has 1 aliphatic rings. The first-order valence-electron chi connectivity index (χ1n) is 11.7. The van der Waals surface area contributed by atoms with Crippen molar-refractivity contribution in [1.29, 1.82) is 0 Å². The van der Waals surface area contributed by atoms with E-state index < -0.39 is 24.2 Å². The van der Waals surface area contributed by atoms with E-state index in [4.69, 9.17) is 9.47 Å². The number of para-hydroxylation sites is 1. The number of hydrogen-bond acceptors (Lipinski definition) is 7. The highest BCUT2D eigenvalue weighted by molar-refractivity contribution is 7.07. The van der Waals surface area contributed by atoms with Crippen molar-refractivity contribution in [2.75, 3.05) is 6.61 Å². The highest BCUT2D eigenvalue weighted by Gasteiger charge is 2.33. The number of ether oxygens (including phenoxy) is 3. The van der Waals surface area contributed by atoms with E-state index in [0.29, 0.717) is 34.0 Å². The molecule has 0 fully saturated rings. The second kappa shape index (κ2) is 11.1. The zero-order valence-electron chi connectivity index (χ0n) is 20.7. The van der Waals surface area contributed by atoms with E-state index in [-0.39, 0.29) is 22.0 Å². The molecule has 4 rings (SSSR count). The molecule has 0 saturated carbocycles. The monoisotopic (exact) mass is 528 g/mol. The second-order valence-corrected chi connectivity index (χ2v) is 9.46. The van der Waals surface area contributed by atoms with Crippen LogP contribution in [0.1, 0.15) is 44.9 Å². The first-order valence-corrected chi connectivity index (χ1v) is 12.5. The SMILES string of the molecule is CCOc1ccc([C@H]2C(C(=O)OC(C)C)=C(C)N=c3s/c(=C\c4ccccc4OC(F)F)c(=O)n32)cc1. The van der Waals surface area contributed by atoms with Crippen molar-refractivity contribution in [3.05, 3.63) is 90.6 Å². The Balaban J connectivity index is 1.90. The van der Waals surface area contributed by atoms with Gasteiger partial charge in [-0.15, -0.1) is 0 Å². The lowest BCUT2D eigenvalue weighted by molar-refractivity contribution is -0.143. The first-order chi connectivity index (χ1) is 17.7. The maximum atomic E-state index is 13.7. The lowest BCUT2D eigenvalue weighted by Crippen LogP contribution is -2.40. The number of carbonyl (C=O) groups is 1. The Morgan fingerprint density at radius 3 is 2.51 bits per heavy atom. The number of alkyl halides is 2. The second-order valence-electron chi connectivity index (χ2n) is 8.45. The lowest BCUT2D eigenvalue weighted by atomic mass is 9.96. The van der Waals surface area contributed by atoms with Gasteiger partial charge in [-0.2, -0.15) is 8.78 Å².